The first-order valence-electron chi connectivity index (χ1n) is 6.16. The summed E-state index contributed by atoms with van der Waals surface area (Å²) in [5.41, 5.74) is -1.70. The smallest absolute Gasteiger partial charge is 0.265 e. The van der Waals surface area contributed by atoms with Gasteiger partial charge in [-0.3, -0.25) is 9.34 Å². The summed E-state index contributed by atoms with van der Waals surface area (Å²) in [5.74, 6) is -2.61. The molecule has 114 valence electrons. The van der Waals surface area contributed by atoms with Gasteiger partial charge in [0.05, 0.1) is 0 Å². The number of allylic oxidation sites excluding steroid dienone is 1. The third kappa shape index (κ3) is 4.97. The molecule has 0 N–H and O–H groups in total. The van der Waals surface area contributed by atoms with Crippen molar-refractivity contribution in [3.63, 3.8) is 0 Å². The molecule has 0 saturated carbocycles. The van der Waals surface area contributed by atoms with Gasteiger partial charge in [-0.1, -0.05) is 27.7 Å². The molecule has 0 radical (unpaired) electrons. The van der Waals surface area contributed by atoms with Gasteiger partial charge in [-0.05, 0) is 0 Å². The van der Waals surface area contributed by atoms with Gasteiger partial charge < -0.3 is 0 Å². The predicted octanol–water partition coefficient (Wildman–Crippen LogP) is 4.65. The van der Waals surface area contributed by atoms with Crippen LogP contribution in [0.3, 0.4) is 0 Å². The van der Waals surface area contributed by atoms with Crippen molar-refractivity contribution in [2.24, 2.45) is 0 Å². The first-order chi connectivity index (χ1) is 8.74. The average Bonchev–Trinajstić information content (AvgIpc) is 2.36. The number of halogens is 5. The second kappa shape index (κ2) is 8.12. The number of alkyl halides is 3. The highest BCUT2D eigenvalue weighted by molar-refractivity contribution is 7.57. The van der Waals surface area contributed by atoms with E-state index in [2.05, 4.69) is 0 Å². The van der Waals surface area contributed by atoms with Gasteiger partial charge in [0, 0.05) is 26.2 Å². The SMILES string of the molecule is CCN(CC)P(C(F)=C(F)C(F)(F)F)N(CC)CC. The topological polar surface area (TPSA) is 6.48 Å². The number of hydrogen-bond donors (Lipinski definition) is 0. The van der Waals surface area contributed by atoms with E-state index in [9.17, 15) is 22.0 Å². The summed E-state index contributed by atoms with van der Waals surface area (Å²) in [7, 11) is -2.07. The number of hydrogen-bond acceptors (Lipinski definition) is 2. The fourth-order valence-electron chi connectivity index (χ4n) is 1.62. The van der Waals surface area contributed by atoms with Crippen molar-refractivity contribution in [1.82, 2.24) is 9.34 Å². The summed E-state index contributed by atoms with van der Waals surface area (Å²) in [6, 6.07) is 0. The molecule has 0 bridgehead atoms. The van der Waals surface area contributed by atoms with E-state index in [-0.39, 0.29) is 0 Å². The highest BCUT2D eigenvalue weighted by atomic mass is 31.1. The zero-order chi connectivity index (χ0) is 15.2. The van der Waals surface area contributed by atoms with E-state index in [0.717, 1.165) is 0 Å². The first kappa shape index (κ1) is 18.7. The van der Waals surface area contributed by atoms with E-state index in [1.807, 2.05) is 0 Å². The summed E-state index contributed by atoms with van der Waals surface area (Å²) < 4.78 is 67.0. The van der Waals surface area contributed by atoms with Crippen molar-refractivity contribution in [3.05, 3.63) is 11.4 Å². The van der Waals surface area contributed by atoms with Crippen LogP contribution in [0.4, 0.5) is 22.0 Å². The molecule has 0 saturated heterocycles. The molecular weight excluding hydrogens is 286 g/mol. The molecule has 0 atom stereocenters. The Kier molecular flexibility index (Phi) is 8.01. The standard InChI is InChI=1S/C11H20F5N2P/c1-5-17(6-2)19(18(7-3)8-4)10(13)9(12)11(14,15)16/h5-8H2,1-4H3. The molecule has 0 aromatic heterocycles. The van der Waals surface area contributed by atoms with Crippen molar-refractivity contribution < 1.29 is 22.0 Å². The predicted molar refractivity (Wildman–Crippen MR) is 68.1 cm³/mol. The lowest BCUT2D eigenvalue weighted by Gasteiger charge is -2.36. The normalized spacial score (nSPS) is 14.5. The summed E-state index contributed by atoms with van der Waals surface area (Å²) >= 11 is 0. The molecule has 2 nitrogen and oxygen atoms in total. The zero-order valence-electron chi connectivity index (χ0n) is 11.6. The van der Waals surface area contributed by atoms with Gasteiger partial charge in [0.1, 0.15) is 8.22 Å². The Bertz CT molecular complexity index is 286. The molecule has 19 heavy (non-hydrogen) atoms. The van der Waals surface area contributed by atoms with Crippen LogP contribution in [-0.2, 0) is 0 Å². The molecule has 0 fully saturated rings. The maximum absolute atomic E-state index is 13.9. The lowest BCUT2D eigenvalue weighted by molar-refractivity contribution is -0.110. The van der Waals surface area contributed by atoms with Crippen molar-refractivity contribution in [2.75, 3.05) is 26.2 Å². The van der Waals surface area contributed by atoms with Crippen molar-refractivity contribution >= 4 is 8.22 Å². The molecule has 8 heteroatoms. The highest BCUT2D eigenvalue weighted by Gasteiger charge is 2.42. The molecule has 0 aromatic rings. The maximum Gasteiger partial charge on any atom is 0.446 e. The minimum Gasteiger partial charge on any atom is -0.265 e. The third-order valence-corrected chi connectivity index (χ3v) is 5.35. The summed E-state index contributed by atoms with van der Waals surface area (Å²) in [6.45, 7) is 8.27. The lowest BCUT2D eigenvalue weighted by Crippen LogP contribution is -2.29. The van der Waals surface area contributed by atoms with Gasteiger partial charge in [0.15, 0.2) is 5.57 Å². The van der Waals surface area contributed by atoms with E-state index in [4.69, 9.17) is 0 Å². The second-order valence-electron chi connectivity index (χ2n) is 3.67. The van der Waals surface area contributed by atoms with Gasteiger partial charge in [-0.15, -0.1) is 0 Å². The Morgan fingerprint density at radius 2 is 1.16 bits per heavy atom. The third-order valence-electron chi connectivity index (χ3n) is 2.60. The Labute approximate surface area is 112 Å². The van der Waals surface area contributed by atoms with Crippen molar-refractivity contribution in [2.45, 2.75) is 33.9 Å². The van der Waals surface area contributed by atoms with E-state index < -0.39 is 25.8 Å². The maximum atomic E-state index is 13.9. The molecule has 0 rings (SSSR count). The summed E-state index contributed by atoms with van der Waals surface area (Å²) in [6.07, 6.45) is -5.27. The van der Waals surface area contributed by atoms with Crippen LogP contribution in [0.2, 0.25) is 0 Å². The Morgan fingerprint density at radius 3 is 1.37 bits per heavy atom. The molecule has 0 aliphatic rings. The lowest BCUT2D eigenvalue weighted by atomic mass is 10.6. The van der Waals surface area contributed by atoms with Crippen LogP contribution in [-0.4, -0.2) is 41.7 Å². The van der Waals surface area contributed by atoms with Gasteiger partial charge in [0.25, 0.3) is 0 Å². The molecular formula is C11H20F5N2P. The molecule has 0 spiro atoms. The fraction of sp³-hybridized carbons (Fsp3) is 0.818. The van der Waals surface area contributed by atoms with E-state index in [1.165, 1.54) is 9.34 Å². The minimum absolute atomic E-state index is 0.358. The van der Waals surface area contributed by atoms with Crippen LogP contribution in [0.1, 0.15) is 27.7 Å². The second-order valence-corrected chi connectivity index (χ2v) is 5.77. The van der Waals surface area contributed by atoms with Crippen molar-refractivity contribution in [1.29, 1.82) is 0 Å². The van der Waals surface area contributed by atoms with Crippen LogP contribution in [0.5, 0.6) is 0 Å². The van der Waals surface area contributed by atoms with E-state index >= 15 is 0 Å². The molecule has 0 heterocycles. The average molecular weight is 306 g/mol. The first-order valence-corrected chi connectivity index (χ1v) is 7.41. The largest absolute Gasteiger partial charge is 0.446 e. The minimum atomic E-state index is -5.27. The molecule has 0 unspecified atom stereocenters. The van der Waals surface area contributed by atoms with E-state index in [0.29, 0.717) is 26.2 Å². The molecule has 0 amide bonds. The molecule has 0 aromatic carbocycles. The van der Waals surface area contributed by atoms with E-state index in [1.54, 1.807) is 27.7 Å². The number of nitrogens with zero attached hydrogens (tertiary/aromatic N) is 2. The highest BCUT2D eigenvalue weighted by Crippen LogP contribution is 2.55. The Hall–Kier alpha value is -0.260. The van der Waals surface area contributed by atoms with Crippen LogP contribution >= 0.6 is 8.22 Å². The Balaban J connectivity index is 5.59. The van der Waals surface area contributed by atoms with Crippen LogP contribution in [0, 0.1) is 0 Å². The number of rotatable bonds is 7. The van der Waals surface area contributed by atoms with Gasteiger partial charge in [-0.25, -0.2) is 4.39 Å². The fourth-order valence-corrected chi connectivity index (χ4v) is 3.84. The van der Waals surface area contributed by atoms with Gasteiger partial charge in [0.2, 0.25) is 5.83 Å². The zero-order valence-corrected chi connectivity index (χ0v) is 12.5. The monoisotopic (exact) mass is 306 g/mol. The van der Waals surface area contributed by atoms with Crippen molar-refractivity contribution in [3.8, 4) is 0 Å². The molecule has 0 aliphatic carbocycles. The summed E-state index contributed by atoms with van der Waals surface area (Å²) in [5, 5.41) is 0. The summed E-state index contributed by atoms with van der Waals surface area (Å²) in [4.78, 5) is 0. The quantitative estimate of drug-likeness (QED) is 0.499. The molecule has 0 aliphatic heterocycles. The van der Waals surface area contributed by atoms with Crippen LogP contribution in [0.25, 0.3) is 0 Å². The van der Waals surface area contributed by atoms with Gasteiger partial charge in [-0.2, -0.15) is 17.6 Å². The Morgan fingerprint density at radius 1 is 0.842 bits per heavy atom. The van der Waals surface area contributed by atoms with Gasteiger partial charge >= 0.3 is 6.18 Å². The van der Waals surface area contributed by atoms with Crippen LogP contribution < -0.4 is 0 Å². The van der Waals surface area contributed by atoms with Crippen LogP contribution in [0.15, 0.2) is 11.4 Å².